The van der Waals surface area contributed by atoms with Crippen molar-refractivity contribution in [2.45, 2.75) is 6.92 Å². The van der Waals surface area contributed by atoms with Crippen molar-refractivity contribution in [1.82, 2.24) is 9.97 Å². The van der Waals surface area contributed by atoms with E-state index in [0.717, 1.165) is 24.5 Å². The number of pyridine rings is 2. The molecule has 0 atom stereocenters. The molecule has 0 unspecified atom stereocenters. The SMILES string of the molecule is Cc1ccc(NC(=O)c2ccnc(N3CCOCC3)c2)cc1NC(=O)c1ccncc1. The van der Waals surface area contributed by atoms with Crippen molar-refractivity contribution in [3.05, 3.63) is 77.7 Å². The predicted octanol–water partition coefficient (Wildman–Crippen LogP) is 3.13. The number of morpholine rings is 1. The normalized spacial score (nSPS) is 13.5. The highest BCUT2D eigenvalue weighted by Gasteiger charge is 2.15. The van der Waals surface area contributed by atoms with Gasteiger partial charge in [0.05, 0.1) is 13.2 Å². The fourth-order valence-corrected chi connectivity index (χ4v) is 3.26. The van der Waals surface area contributed by atoms with E-state index in [0.29, 0.717) is 35.7 Å². The molecule has 3 aromatic rings. The zero-order chi connectivity index (χ0) is 21.6. The third kappa shape index (κ3) is 5.04. The molecule has 8 heteroatoms. The number of carbonyl (C=O) groups is 2. The minimum absolute atomic E-state index is 0.238. The first kappa shape index (κ1) is 20.5. The monoisotopic (exact) mass is 417 g/mol. The molecule has 1 saturated heterocycles. The number of benzene rings is 1. The van der Waals surface area contributed by atoms with E-state index in [1.165, 1.54) is 0 Å². The molecule has 158 valence electrons. The third-order valence-corrected chi connectivity index (χ3v) is 5.03. The average molecular weight is 417 g/mol. The van der Waals surface area contributed by atoms with Crippen LogP contribution in [0.15, 0.2) is 61.1 Å². The number of anilines is 3. The molecule has 0 saturated carbocycles. The molecule has 0 bridgehead atoms. The Morgan fingerprint density at radius 3 is 2.39 bits per heavy atom. The van der Waals surface area contributed by atoms with Crippen LogP contribution in [0, 0.1) is 6.92 Å². The van der Waals surface area contributed by atoms with E-state index >= 15 is 0 Å². The van der Waals surface area contributed by atoms with Crippen LogP contribution in [-0.2, 0) is 4.74 Å². The van der Waals surface area contributed by atoms with Gasteiger partial charge < -0.3 is 20.3 Å². The zero-order valence-corrected chi connectivity index (χ0v) is 17.2. The van der Waals surface area contributed by atoms with Crippen LogP contribution >= 0.6 is 0 Å². The van der Waals surface area contributed by atoms with Crippen LogP contribution in [0.3, 0.4) is 0 Å². The van der Waals surface area contributed by atoms with Crippen LogP contribution in [0.2, 0.25) is 0 Å². The highest BCUT2D eigenvalue weighted by atomic mass is 16.5. The lowest BCUT2D eigenvalue weighted by atomic mass is 10.1. The van der Waals surface area contributed by atoms with Gasteiger partial charge in [-0.1, -0.05) is 6.07 Å². The number of ether oxygens (including phenoxy) is 1. The van der Waals surface area contributed by atoms with Crippen molar-refractivity contribution in [1.29, 1.82) is 0 Å². The van der Waals surface area contributed by atoms with Crippen molar-refractivity contribution < 1.29 is 14.3 Å². The molecule has 1 fully saturated rings. The molecule has 1 aliphatic rings. The summed E-state index contributed by atoms with van der Waals surface area (Å²) in [5.41, 5.74) is 3.13. The molecule has 8 nitrogen and oxygen atoms in total. The topological polar surface area (TPSA) is 96.5 Å². The first-order chi connectivity index (χ1) is 15.1. The average Bonchev–Trinajstić information content (AvgIpc) is 2.82. The standard InChI is InChI=1S/C23H23N5O3/c1-16-2-3-19(15-20(16)27-22(29)17-4-7-24-8-5-17)26-23(30)18-6-9-25-21(14-18)28-10-12-31-13-11-28/h2-9,14-15H,10-13H2,1H3,(H,26,30)(H,27,29). The number of rotatable bonds is 5. The minimum Gasteiger partial charge on any atom is -0.378 e. The molecule has 1 aliphatic heterocycles. The van der Waals surface area contributed by atoms with Crippen LogP contribution < -0.4 is 15.5 Å². The molecule has 31 heavy (non-hydrogen) atoms. The van der Waals surface area contributed by atoms with E-state index < -0.39 is 0 Å². The van der Waals surface area contributed by atoms with Crippen LogP contribution in [0.1, 0.15) is 26.3 Å². The molecule has 2 N–H and O–H groups in total. The number of carbonyl (C=O) groups excluding carboxylic acids is 2. The molecule has 3 heterocycles. The molecule has 0 aliphatic carbocycles. The number of aromatic nitrogens is 2. The highest BCUT2D eigenvalue weighted by Crippen LogP contribution is 2.22. The van der Waals surface area contributed by atoms with Crippen molar-refractivity contribution in [2.75, 3.05) is 41.8 Å². The number of nitrogens with zero attached hydrogens (tertiary/aromatic N) is 3. The Bertz CT molecular complexity index is 1080. The summed E-state index contributed by atoms with van der Waals surface area (Å²) < 4.78 is 5.37. The summed E-state index contributed by atoms with van der Waals surface area (Å²) in [5.74, 6) is 0.274. The molecule has 2 aromatic heterocycles. The smallest absolute Gasteiger partial charge is 0.255 e. The van der Waals surface area contributed by atoms with Crippen molar-refractivity contribution in [3.8, 4) is 0 Å². The van der Waals surface area contributed by atoms with Gasteiger partial charge in [-0.2, -0.15) is 0 Å². The predicted molar refractivity (Wildman–Crippen MR) is 119 cm³/mol. The van der Waals surface area contributed by atoms with E-state index in [2.05, 4.69) is 25.5 Å². The van der Waals surface area contributed by atoms with E-state index in [-0.39, 0.29) is 11.8 Å². The Labute approximate surface area is 180 Å². The number of amides is 2. The Morgan fingerprint density at radius 1 is 0.903 bits per heavy atom. The second-order valence-corrected chi connectivity index (χ2v) is 7.18. The molecular weight excluding hydrogens is 394 g/mol. The quantitative estimate of drug-likeness (QED) is 0.662. The van der Waals surface area contributed by atoms with Gasteiger partial charge in [-0.3, -0.25) is 14.6 Å². The second-order valence-electron chi connectivity index (χ2n) is 7.18. The van der Waals surface area contributed by atoms with Gasteiger partial charge in [-0.25, -0.2) is 4.98 Å². The summed E-state index contributed by atoms with van der Waals surface area (Å²) in [4.78, 5) is 35.7. The lowest BCUT2D eigenvalue weighted by Gasteiger charge is -2.27. The first-order valence-electron chi connectivity index (χ1n) is 10.0. The van der Waals surface area contributed by atoms with Gasteiger partial charge in [0.1, 0.15) is 5.82 Å². The number of hydrogen-bond donors (Lipinski definition) is 2. The van der Waals surface area contributed by atoms with Gasteiger partial charge in [0.2, 0.25) is 0 Å². The lowest BCUT2D eigenvalue weighted by molar-refractivity contribution is 0.101. The summed E-state index contributed by atoms with van der Waals surface area (Å²) in [5, 5.41) is 5.78. The number of hydrogen-bond acceptors (Lipinski definition) is 6. The zero-order valence-electron chi connectivity index (χ0n) is 17.2. The van der Waals surface area contributed by atoms with Crippen molar-refractivity contribution in [2.24, 2.45) is 0 Å². The van der Waals surface area contributed by atoms with Crippen molar-refractivity contribution in [3.63, 3.8) is 0 Å². The second kappa shape index (κ2) is 9.36. The maximum atomic E-state index is 12.8. The Hall–Kier alpha value is -3.78. The van der Waals surface area contributed by atoms with E-state index in [9.17, 15) is 9.59 Å². The van der Waals surface area contributed by atoms with Gasteiger partial charge in [-0.05, 0) is 48.9 Å². The summed E-state index contributed by atoms with van der Waals surface area (Å²) >= 11 is 0. The largest absolute Gasteiger partial charge is 0.378 e. The van der Waals surface area contributed by atoms with E-state index in [1.807, 2.05) is 13.0 Å². The Balaban J connectivity index is 1.47. The molecule has 2 amide bonds. The molecule has 0 radical (unpaired) electrons. The van der Waals surface area contributed by atoms with Gasteiger partial charge in [0.15, 0.2) is 0 Å². The summed E-state index contributed by atoms with van der Waals surface area (Å²) in [6.07, 6.45) is 4.77. The van der Waals surface area contributed by atoms with Crippen molar-refractivity contribution >= 4 is 29.0 Å². The van der Waals surface area contributed by atoms with Gasteiger partial charge in [-0.15, -0.1) is 0 Å². The van der Waals surface area contributed by atoms with Crippen LogP contribution in [0.25, 0.3) is 0 Å². The molecule has 1 aromatic carbocycles. The number of nitrogens with one attached hydrogen (secondary N) is 2. The van der Waals surface area contributed by atoms with E-state index in [1.54, 1.807) is 55.0 Å². The maximum Gasteiger partial charge on any atom is 0.255 e. The maximum absolute atomic E-state index is 12.8. The summed E-state index contributed by atoms with van der Waals surface area (Å²) in [7, 11) is 0. The van der Waals surface area contributed by atoms with E-state index in [4.69, 9.17) is 4.74 Å². The van der Waals surface area contributed by atoms with Crippen LogP contribution in [-0.4, -0.2) is 48.1 Å². The third-order valence-electron chi connectivity index (χ3n) is 5.03. The van der Waals surface area contributed by atoms with Gasteiger partial charge in [0, 0.05) is 54.2 Å². The summed E-state index contributed by atoms with van der Waals surface area (Å²) in [6.45, 7) is 4.68. The van der Waals surface area contributed by atoms with Gasteiger partial charge >= 0.3 is 0 Å². The molecule has 4 rings (SSSR count). The van der Waals surface area contributed by atoms with Crippen LogP contribution in [0.4, 0.5) is 17.2 Å². The number of aryl methyl sites for hydroxylation is 1. The summed E-state index contributed by atoms with van der Waals surface area (Å²) in [6, 6.07) is 12.2. The van der Waals surface area contributed by atoms with Gasteiger partial charge in [0.25, 0.3) is 11.8 Å². The minimum atomic E-state index is -0.243. The fourth-order valence-electron chi connectivity index (χ4n) is 3.26. The Kier molecular flexibility index (Phi) is 6.18. The fraction of sp³-hybridized carbons (Fsp3) is 0.217. The molecule has 0 spiro atoms. The lowest BCUT2D eigenvalue weighted by Crippen LogP contribution is -2.36. The van der Waals surface area contributed by atoms with Crippen LogP contribution in [0.5, 0.6) is 0 Å². The Morgan fingerprint density at radius 2 is 1.61 bits per heavy atom. The molecular formula is C23H23N5O3. The highest BCUT2D eigenvalue weighted by molar-refractivity contribution is 6.06. The first-order valence-corrected chi connectivity index (χ1v) is 10.0.